The van der Waals surface area contributed by atoms with E-state index in [-0.39, 0.29) is 18.1 Å². The first-order valence-electron chi connectivity index (χ1n) is 8.58. The van der Waals surface area contributed by atoms with Crippen LogP contribution in [0.3, 0.4) is 0 Å². The van der Waals surface area contributed by atoms with Crippen LogP contribution in [-0.4, -0.2) is 36.2 Å². The third-order valence-corrected chi connectivity index (χ3v) is 5.51. The summed E-state index contributed by atoms with van der Waals surface area (Å²) in [6, 6.07) is 13.5. The van der Waals surface area contributed by atoms with Gasteiger partial charge in [0.05, 0.1) is 11.3 Å². The molecule has 2 aromatic carbocycles. The van der Waals surface area contributed by atoms with Gasteiger partial charge in [-0.2, -0.15) is 0 Å². The Morgan fingerprint density at radius 3 is 2.48 bits per heavy atom. The third kappa shape index (κ3) is 4.49. The van der Waals surface area contributed by atoms with Crippen LogP contribution in [0.15, 0.2) is 53.4 Å². The minimum atomic E-state index is -0.620. The van der Waals surface area contributed by atoms with Crippen molar-refractivity contribution >= 4 is 35.2 Å². The van der Waals surface area contributed by atoms with Crippen LogP contribution < -0.4 is 10.6 Å². The third-order valence-electron chi connectivity index (χ3n) is 4.28. The lowest BCUT2D eigenvalue weighted by Crippen LogP contribution is -2.35. The highest BCUT2D eigenvalue weighted by atomic mass is 32.2. The number of anilines is 1. The molecule has 1 heterocycles. The molecular weight excluding hydrogens is 364 g/mol. The van der Waals surface area contributed by atoms with Gasteiger partial charge in [0.15, 0.2) is 6.61 Å². The first-order chi connectivity index (χ1) is 13.0. The molecule has 140 valence electrons. The van der Waals surface area contributed by atoms with E-state index in [1.807, 2.05) is 24.3 Å². The summed E-state index contributed by atoms with van der Waals surface area (Å²) in [7, 11) is 0. The van der Waals surface area contributed by atoms with Crippen molar-refractivity contribution in [3.63, 3.8) is 0 Å². The number of primary amides is 1. The molecular formula is C20H20N2O4S. The van der Waals surface area contributed by atoms with Crippen LogP contribution in [0.1, 0.15) is 34.1 Å². The van der Waals surface area contributed by atoms with E-state index in [1.54, 1.807) is 16.7 Å². The van der Waals surface area contributed by atoms with Gasteiger partial charge >= 0.3 is 5.97 Å². The second-order valence-electron chi connectivity index (χ2n) is 6.25. The van der Waals surface area contributed by atoms with Gasteiger partial charge in [-0.1, -0.05) is 19.1 Å². The van der Waals surface area contributed by atoms with E-state index in [9.17, 15) is 14.4 Å². The molecule has 2 N–H and O–H groups in total. The Labute approximate surface area is 161 Å². The van der Waals surface area contributed by atoms with Crippen LogP contribution >= 0.6 is 11.8 Å². The fourth-order valence-electron chi connectivity index (χ4n) is 2.80. The molecule has 27 heavy (non-hydrogen) atoms. The first kappa shape index (κ1) is 19.0. The second kappa shape index (κ2) is 8.26. The molecule has 2 amide bonds. The number of carbonyl (C=O) groups is 3. The Morgan fingerprint density at radius 2 is 1.78 bits per heavy atom. The molecule has 1 aliphatic heterocycles. The molecule has 0 spiro atoms. The number of esters is 1. The van der Waals surface area contributed by atoms with Crippen molar-refractivity contribution < 1.29 is 19.1 Å². The summed E-state index contributed by atoms with van der Waals surface area (Å²) in [4.78, 5) is 38.6. The van der Waals surface area contributed by atoms with Gasteiger partial charge in [0.2, 0.25) is 5.91 Å². The molecule has 6 nitrogen and oxygen atoms in total. The second-order valence-corrected chi connectivity index (χ2v) is 7.73. The maximum absolute atomic E-state index is 12.7. The van der Waals surface area contributed by atoms with E-state index < -0.39 is 11.9 Å². The van der Waals surface area contributed by atoms with Crippen LogP contribution in [0, 0.1) is 0 Å². The monoisotopic (exact) mass is 384 g/mol. The standard InChI is InChI=1S/C20H20N2O4S/c1-13-10-11-22(16-4-2-3-5-17(16)27-13)18(23)12-26-20(25)15-8-6-14(7-9-15)19(21)24/h2-9,13H,10-12H2,1H3,(H2,21,24)/t13-/m1/s1. The molecule has 0 aliphatic carbocycles. The zero-order valence-corrected chi connectivity index (χ0v) is 15.7. The molecule has 0 unspecified atom stereocenters. The molecule has 1 atom stereocenters. The lowest BCUT2D eigenvalue weighted by Gasteiger charge is -2.22. The van der Waals surface area contributed by atoms with Crippen LogP contribution in [0.5, 0.6) is 0 Å². The largest absolute Gasteiger partial charge is 0.452 e. The topological polar surface area (TPSA) is 89.7 Å². The molecule has 0 aromatic heterocycles. The average Bonchev–Trinajstić information content (AvgIpc) is 2.84. The highest BCUT2D eigenvalue weighted by Crippen LogP contribution is 2.37. The highest BCUT2D eigenvalue weighted by molar-refractivity contribution is 8.00. The molecule has 2 aromatic rings. The molecule has 0 saturated heterocycles. The molecule has 0 radical (unpaired) electrons. The van der Waals surface area contributed by atoms with Crippen molar-refractivity contribution in [3.8, 4) is 0 Å². The Bertz CT molecular complexity index is 867. The van der Waals surface area contributed by atoms with Crippen molar-refractivity contribution in [2.75, 3.05) is 18.1 Å². The average molecular weight is 384 g/mol. The lowest BCUT2D eigenvalue weighted by atomic mass is 10.1. The van der Waals surface area contributed by atoms with Crippen molar-refractivity contribution in [1.29, 1.82) is 0 Å². The summed E-state index contributed by atoms with van der Waals surface area (Å²) in [6.07, 6.45) is 0.855. The molecule has 0 saturated carbocycles. The van der Waals surface area contributed by atoms with Crippen molar-refractivity contribution in [2.24, 2.45) is 5.73 Å². The van der Waals surface area contributed by atoms with E-state index in [4.69, 9.17) is 10.5 Å². The number of para-hydroxylation sites is 1. The number of benzene rings is 2. The molecule has 3 rings (SSSR count). The smallest absolute Gasteiger partial charge is 0.338 e. The number of thioether (sulfide) groups is 1. The van der Waals surface area contributed by atoms with Gasteiger partial charge in [-0.05, 0) is 42.8 Å². The lowest BCUT2D eigenvalue weighted by molar-refractivity contribution is -0.121. The zero-order valence-electron chi connectivity index (χ0n) is 14.9. The fourth-order valence-corrected chi connectivity index (χ4v) is 3.92. The maximum atomic E-state index is 12.7. The molecule has 7 heteroatoms. The van der Waals surface area contributed by atoms with E-state index in [2.05, 4.69) is 6.92 Å². The van der Waals surface area contributed by atoms with Crippen LogP contribution in [0.2, 0.25) is 0 Å². The van der Waals surface area contributed by atoms with Crippen LogP contribution in [-0.2, 0) is 9.53 Å². The van der Waals surface area contributed by atoms with Gasteiger partial charge < -0.3 is 15.4 Å². The minimum Gasteiger partial charge on any atom is -0.452 e. The summed E-state index contributed by atoms with van der Waals surface area (Å²) < 4.78 is 5.17. The van der Waals surface area contributed by atoms with Crippen molar-refractivity contribution in [3.05, 3.63) is 59.7 Å². The SMILES string of the molecule is C[C@@H]1CCN(C(=O)COC(=O)c2ccc(C(N)=O)cc2)c2ccccc2S1. The van der Waals surface area contributed by atoms with Crippen molar-refractivity contribution in [1.82, 2.24) is 0 Å². The molecule has 0 bridgehead atoms. The Morgan fingerprint density at radius 1 is 1.11 bits per heavy atom. The summed E-state index contributed by atoms with van der Waals surface area (Å²) in [5, 5.41) is 0.398. The number of ether oxygens (including phenoxy) is 1. The van der Waals surface area contributed by atoms with Gasteiger partial charge in [0.1, 0.15) is 0 Å². The number of rotatable bonds is 4. The maximum Gasteiger partial charge on any atom is 0.338 e. The number of hydrogen-bond acceptors (Lipinski definition) is 5. The van der Waals surface area contributed by atoms with Crippen molar-refractivity contribution in [2.45, 2.75) is 23.5 Å². The van der Waals surface area contributed by atoms with Gasteiger partial charge in [0.25, 0.3) is 5.91 Å². The summed E-state index contributed by atoms with van der Waals surface area (Å²) >= 11 is 1.74. The molecule has 0 fully saturated rings. The zero-order chi connectivity index (χ0) is 19.4. The summed E-state index contributed by atoms with van der Waals surface area (Å²) in [6.45, 7) is 2.36. The van der Waals surface area contributed by atoms with E-state index in [0.29, 0.717) is 17.4 Å². The van der Waals surface area contributed by atoms with E-state index in [1.165, 1.54) is 24.3 Å². The van der Waals surface area contributed by atoms with Gasteiger partial charge in [-0.15, -0.1) is 11.8 Å². The predicted octanol–water partition coefficient (Wildman–Crippen LogP) is 2.86. The predicted molar refractivity (Wildman–Crippen MR) is 104 cm³/mol. The number of hydrogen-bond donors (Lipinski definition) is 1. The minimum absolute atomic E-state index is 0.258. The Kier molecular flexibility index (Phi) is 5.81. The highest BCUT2D eigenvalue weighted by Gasteiger charge is 2.25. The summed E-state index contributed by atoms with van der Waals surface area (Å²) in [5.74, 6) is -1.46. The van der Waals surface area contributed by atoms with Crippen LogP contribution in [0.25, 0.3) is 0 Å². The van der Waals surface area contributed by atoms with Gasteiger partial charge in [-0.25, -0.2) is 4.79 Å². The van der Waals surface area contributed by atoms with E-state index >= 15 is 0 Å². The number of amides is 2. The number of nitrogens with two attached hydrogens (primary N) is 1. The number of carbonyl (C=O) groups excluding carboxylic acids is 3. The Hall–Kier alpha value is -2.80. The van der Waals surface area contributed by atoms with Gasteiger partial charge in [0, 0.05) is 22.3 Å². The Balaban J connectivity index is 1.67. The number of nitrogens with zero attached hydrogens (tertiary/aromatic N) is 1. The normalized spacial score (nSPS) is 16.2. The number of fused-ring (bicyclic) bond motifs is 1. The molecule has 1 aliphatic rings. The fraction of sp³-hybridized carbons (Fsp3) is 0.250. The summed E-state index contributed by atoms with van der Waals surface area (Å²) in [5.41, 5.74) is 6.58. The quantitative estimate of drug-likeness (QED) is 0.819. The first-order valence-corrected chi connectivity index (χ1v) is 9.46. The van der Waals surface area contributed by atoms with Gasteiger partial charge in [-0.3, -0.25) is 9.59 Å². The van der Waals surface area contributed by atoms with Crippen LogP contribution in [0.4, 0.5) is 5.69 Å². The van der Waals surface area contributed by atoms with E-state index in [0.717, 1.165) is 17.0 Å².